The summed E-state index contributed by atoms with van der Waals surface area (Å²) in [6.45, 7) is 1.89. The molecule has 1 aromatic carbocycles. The number of amides is 1. The maximum Gasteiger partial charge on any atom is 0.305 e. The molecule has 0 saturated heterocycles. The number of aryl methyl sites for hydroxylation is 2. The molecule has 0 aliphatic rings. The van der Waals surface area contributed by atoms with Crippen LogP contribution in [-0.2, 0) is 13.5 Å². The van der Waals surface area contributed by atoms with Crippen LogP contribution < -0.4 is 5.32 Å². The van der Waals surface area contributed by atoms with Crippen molar-refractivity contribution in [2.75, 3.05) is 5.32 Å². The van der Waals surface area contributed by atoms with Gasteiger partial charge in [-0.05, 0) is 18.6 Å². The van der Waals surface area contributed by atoms with E-state index < -0.39 is 22.3 Å². The molecule has 2 rings (SSSR count). The van der Waals surface area contributed by atoms with E-state index in [1.165, 1.54) is 6.07 Å². The number of halogens is 1. The number of carbonyl (C=O) groups is 1. The Bertz CT molecular complexity index is 711. The molecule has 7 nitrogen and oxygen atoms in total. The van der Waals surface area contributed by atoms with Crippen LogP contribution in [0.3, 0.4) is 0 Å². The lowest BCUT2D eigenvalue weighted by atomic mass is 10.1. The van der Waals surface area contributed by atoms with E-state index in [4.69, 9.17) is 0 Å². The zero-order valence-electron chi connectivity index (χ0n) is 11.5. The fraction of sp³-hybridized carbons (Fsp3) is 0.231. The Hall–Kier alpha value is -2.77. The topological polar surface area (TPSA) is 90.1 Å². The first-order valence-electron chi connectivity index (χ1n) is 6.20. The number of nitrogens with one attached hydrogen (secondary N) is 1. The van der Waals surface area contributed by atoms with Crippen LogP contribution in [0.25, 0.3) is 0 Å². The fourth-order valence-electron chi connectivity index (χ4n) is 1.89. The van der Waals surface area contributed by atoms with E-state index in [1.54, 1.807) is 17.9 Å². The molecule has 0 atom stereocenters. The minimum Gasteiger partial charge on any atom is -0.319 e. The molecule has 0 aliphatic heterocycles. The highest BCUT2D eigenvalue weighted by molar-refractivity contribution is 6.04. The van der Waals surface area contributed by atoms with Crippen LogP contribution in [-0.4, -0.2) is 20.6 Å². The molecule has 0 radical (unpaired) electrons. The Balaban J connectivity index is 2.28. The lowest BCUT2D eigenvalue weighted by Crippen LogP contribution is -2.13. The SMILES string of the molecule is CCc1nn(C)cc1NC(=O)c1ccc(F)c([N+](=O)[O-])c1. The first-order chi connectivity index (χ1) is 9.92. The van der Waals surface area contributed by atoms with Crippen molar-refractivity contribution in [3.05, 3.63) is 51.6 Å². The van der Waals surface area contributed by atoms with Gasteiger partial charge < -0.3 is 5.32 Å². The molecule has 0 aliphatic carbocycles. The first kappa shape index (κ1) is 14.6. The third-order valence-electron chi connectivity index (χ3n) is 2.89. The third-order valence-corrected chi connectivity index (χ3v) is 2.89. The number of nitro groups is 1. The summed E-state index contributed by atoms with van der Waals surface area (Å²) in [6, 6.07) is 3.00. The number of rotatable bonds is 4. The highest BCUT2D eigenvalue weighted by Gasteiger charge is 2.18. The minimum absolute atomic E-state index is 0.00834. The zero-order chi connectivity index (χ0) is 15.6. The average molecular weight is 292 g/mol. The van der Waals surface area contributed by atoms with E-state index in [0.29, 0.717) is 17.8 Å². The number of aromatic nitrogens is 2. The van der Waals surface area contributed by atoms with E-state index >= 15 is 0 Å². The maximum absolute atomic E-state index is 13.2. The second-order valence-electron chi connectivity index (χ2n) is 4.39. The van der Waals surface area contributed by atoms with Gasteiger partial charge in [0.1, 0.15) is 0 Å². The minimum atomic E-state index is -0.979. The van der Waals surface area contributed by atoms with Gasteiger partial charge in [-0.15, -0.1) is 0 Å². The number of carbonyl (C=O) groups excluding carboxylic acids is 1. The van der Waals surface area contributed by atoms with E-state index in [9.17, 15) is 19.3 Å². The van der Waals surface area contributed by atoms with E-state index in [2.05, 4.69) is 10.4 Å². The summed E-state index contributed by atoms with van der Waals surface area (Å²) >= 11 is 0. The molecule has 2 aromatic rings. The molecule has 1 amide bonds. The van der Waals surface area contributed by atoms with Gasteiger partial charge in [-0.25, -0.2) is 0 Å². The Labute approximate surface area is 119 Å². The lowest BCUT2D eigenvalue weighted by molar-refractivity contribution is -0.387. The standard InChI is InChI=1S/C13H13FN4O3/c1-3-10-11(7-17(2)16-10)15-13(19)8-4-5-9(14)12(6-8)18(20)21/h4-7H,3H2,1-2H3,(H,15,19). The summed E-state index contributed by atoms with van der Waals surface area (Å²) in [7, 11) is 1.72. The molecule has 0 saturated carbocycles. The molecule has 0 fully saturated rings. The van der Waals surface area contributed by atoms with Gasteiger partial charge in [-0.3, -0.25) is 19.6 Å². The number of nitro benzene ring substituents is 1. The van der Waals surface area contributed by atoms with Crippen molar-refractivity contribution in [1.29, 1.82) is 0 Å². The summed E-state index contributed by atoms with van der Waals surface area (Å²) < 4.78 is 14.8. The summed E-state index contributed by atoms with van der Waals surface area (Å²) in [4.78, 5) is 21.9. The van der Waals surface area contributed by atoms with Crippen LogP contribution in [0.2, 0.25) is 0 Å². The number of nitrogens with zero attached hydrogens (tertiary/aromatic N) is 3. The molecule has 1 N–H and O–H groups in total. The van der Waals surface area contributed by atoms with Gasteiger partial charge >= 0.3 is 5.69 Å². The Morgan fingerprint density at radius 3 is 2.86 bits per heavy atom. The van der Waals surface area contributed by atoms with Gasteiger partial charge in [0, 0.05) is 24.9 Å². The van der Waals surface area contributed by atoms with E-state index in [-0.39, 0.29) is 5.56 Å². The second kappa shape index (κ2) is 5.70. The molecule has 1 heterocycles. The molecular weight excluding hydrogens is 279 g/mol. The van der Waals surface area contributed by atoms with E-state index in [1.807, 2.05) is 6.92 Å². The smallest absolute Gasteiger partial charge is 0.305 e. The maximum atomic E-state index is 13.2. The van der Waals surface area contributed by atoms with Crippen molar-refractivity contribution in [3.63, 3.8) is 0 Å². The quantitative estimate of drug-likeness (QED) is 0.691. The zero-order valence-corrected chi connectivity index (χ0v) is 11.5. The Morgan fingerprint density at radius 1 is 1.52 bits per heavy atom. The summed E-state index contributed by atoms with van der Waals surface area (Å²) in [5.74, 6) is -1.53. The molecular formula is C13H13FN4O3. The third kappa shape index (κ3) is 3.04. The van der Waals surface area contributed by atoms with Gasteiger partial charge in [-0.2, -0.15) is 9.49 Å². The predicted octanol–water partition coefficient (Wildman–Crippen LogP) is 2.28. The van der Waals surface area contributed by atoms with Gasteiger partial charge in [0.25, 0.3) is 5.91 Å². The Kier molecular flexibility index (Phi) is 3.97. The summed E-state index contributed by atoms with van der Waals surface area (Å²) in [5.41, 5.74) is 0.498. The highest BCUT2D eigenvalue weighted by atomic mass is 19.1. The number of hydrogen-bond donors (Lipinski definition) is 1. The van der Waals surface area contributed by atoms with Crippen molar-refractivity contribution >= 4 is 17.3 Å². The van der Waals surface area contributed by atoms with Gasteiger partial charge in [-0.1, -0.05) is 6.92 Å². The fourth-order valence-corrected chi connectivity index (χ4v) is 1.89. The van der Waals surface area contributed by atoms with E-state index in [0.717, 1.165) is 12.1 Å². The highest BCUT2D eigenvalue weighted by Crippen LogP contribution is 2.20. The van der Waals surface area contributed by atoms with Crippen molar-refractivity contribution in [1.82, 2.24) is 9.78 Å². The van der Waals surface area contributed by atoms with Crippen LogP contribution in [0, 0.1) is 15.9 Å². The molecule has 0 spiro atoms. The lowest BCUT2D eigenvalue weighted by Gasteiger charge is -2.04. The normalized spacial score (nSPS) is 10.4. The van der Waals surface area contributed by atoms with Crippen LogP contribution in [0.1, 0.15) is 23.0 Å². The molecule has 110 valence electrons. The number of hydrogen-bond acceptors (Lipinski definition) is 4. The second-order valence-corrected chi connectivity index (χ2v) is 4.39. The van der Waals surface area contributed by atoms with Crippen LogP contribution in [0.5, 0.6) is 0 Å². The van der Waals surface area contributed by atoms with Crippen molar-refractivity contribution in [3.8, 4) is 0 Å². The summed E-state index contributed by atoms with van der Waals surface area (Å²) in [6.07, 6.45) is 2.26. The van der Waals surface area contributed by atoms with Crippen LogP contribution in [0.4, 0.5) is 15.8 Å². The monoisotopic (exact) mass is 292 g/mol. The molecule has 0 unspecified atom stereocenters. The first-order valence-corrected chi connectivity index (χ1v) is 6.20. The van der Waals surface area contributed by atoms with Crippen molar-refractivity contribution in [2.24, 2.45) is 7.05 Å². The average Bonchev–Trinajstić information content (AvgIpc) is 2.78. The predicted molar refractivity (Wildman–Crippen MR) is 73.6 cm³/mol. The molecule has 8 heteroatoms. The molecule has 1 aromatic heterocycles. The van der Waals surface area contributed by atoms with Crippen molar-refractivity contribution < 1.29 is 14.1 Å². The Morgan fingerprint density at radius 2 is 2.24 bits per heavy atom. The largest absolute Gasteiger partial charge is 0.319 e. The number of benzene rings is 1. The van der Waals surface area contributed by atoms with Gasteiger partial charge in [0.2, 0.25) is 5.82 Å². The molecule has 21 heavy (non-hydrogen) atoms. The molecule has 0 bridgehead atoms. The van der Waals surface area contributed by atoms with Crippen LogP contribution in [0.15, 0.2) is 24.4 Å². The van der Waals surface area contributed by atoms with Crippen LogP contribution >= 0.6 is 0 Å². The number of anilines is 1. The van der Waals surface area contributed by atoms with Gasteiger partial charge in [0.15, 0.2) is 0 Å². The van der Waals surface area contributed by atoms with Gasteiger partial charge in [0.05, 0.1) is 16.3 Å². The summed E-state index contributed by atoms with van der Waals surface area (Å²) in [5, 5.41) is 17.5. The van der Waals surface area contributed by atoms with Crippen molar-refractivity contribution in [2.45, 2.75) is 13.3 Å².